The van der Waals surface area contributed by atoms with E-state index in [1.807, 2.05) is 34.6 Å². The van der Waals surface area contributed by atoms with Crippen molar-refractivity contribution in [2.75, 3.05) is 25.5 Å². The van der Waals surface area contributed by atoms with Crippen LogP contribution in [0.25, 0.3) is 0 Å². The summed E-state index contributed by atoms with van der Waals surface area (Å²) in [5, 5.41) is 5.82. The molecule has 1 aromatic rings. The fourth-order valence-corrected chi connectivity index (χ4v) is 1.85. The molecule has 21 heavy (non-hydrogen) atoms. The maximum atomic E-state index is 12.4. The molecule has 0 bridgehead atoms. The standard InChI is InChI=1S/C15H26N4O2/c1-7-21-15(4,5)9-18-14(20)12-11(16-6)8-17-13(19-12)10(2)3/h8,10,16H,7,9H2,1-6H3,(H,18,20). The van der Waals surface area contributed by atoms with E-state index in [9.17, 15) is 4.79 Å². The average molecular weight is 294 g/mol. The van der Waals surface area contributed by atoms with Gasteiger partial charge in [0.1, 0.15) is 5.82 Å². The van der Waals surface area contributed by atoms with Gasteiger partial charge in [-0.05, 0) is 20.8 Å². The molecule has 2 N–H and O–H groups in total. The zero-order valence-corrected chi connectivity index (χ0v) is 13.8. The number of nitrogens with one attached hydrogen (secondary N) is 2. The first kappa shape index (κ1) is 17.4. The van der Waals surface area contributed by atoms with Crippen LogP contribution in [0, 0.1) is 0 Å². The summed E-state index contributed by atoms with van der Waals surface area (Å²) >= 11 is 0. The number of aromatic nitrogens is 2. The van der Waals surface area contributed by atoms with Crippen molar-refractivity contribution in [1.29, 1.82) is 0 Å². The van der Waals surface area contributed by atoms with Gasteiger partial charge in [0.15, 0.2) is 5.69 Å². The Morgan fingerprint density at radius 2 is 2.10 bits per heavy atom. The molecule has 1 aromatic heterocycles. The fraction of sp³-hybridized carbons (Fsp3) is 0.667. The number of nitrogens with zero attached hydrogens (tertiary/aromatic N) is 2. The Kier molecular flexibility index (Phi) is 6.08. The van der Waals surface area contributed by atoms with Gasteiger partial charge in [0.25, 0.3) is 5.91 Å². The minimum Gasteiger partial charge on any atom is -0.385 e. The summed E-state index contributed by atoms with van der Waals surface area (Å²) in [5.74, 6) is 0.599. The SMILES string of the molecule is CCOC(C)(C)CNC(=O)c1nc(C(C)C)ncc1NC. The Hall–Kier alpha value is -1.69. The van der Waals surface area contributed by atoms with Crippen LogP contribution in [0.5, 0.6) is 0 Å². The van der Waals surface area contributed by atoms with Crippen molar-refractivity contribution >= 4 is 11.6 Å². The summed E-state index contributed by atoms with van der Waals surface area (Å²) < 4.78 is 5.57. The van der Waals surface area contributed by atoms with Gasteiger partial charge in [0.05, 0.1) is 17.5 Å². The minimum atomic E-state index is -0.405. The molecule has 0 aliphatic carbocycles. The molecule has 1 amide bonds. The highest BCUT2D eigenvalue weighted by Crippen LogP contribution is 2.16. The summed E-state index contributed by atoms with van der Waals surface area (Å²) in [4.78, 5) is 21.0. The quantitative estimate of drug-likeness (QED) is 0.806. The van der Waals surface area contributed by atoms with Gasteiger partial charge < -0.3 is 15.4 Å². The maximum absolute atomic E-state index is 12.4. The van der Waals surface area contributed by atoms with E-state index in [2.05, 4.69) is 20.6 Å². The fourth-order valence-electron chi connectivity index (χ4n) is 1.85. The number of carbonyl (C=O) groups excluding carboxylic acids is 1. The van der Waals surface area contributed by atoms with E-state index < -0.39 is 5.60 Å². The van der Waals surface area contributed by atoms with Crippen molar-refractivity contribution < 1.29 is 9.53 Å². The van der Waals surface area contributed by atoms with Crippen LogP contribution in [0.3, 0.4) is 0 Å². The van der Waals surface area contributed by atoms with Crippen molar-refractivity contribution in [3.8, 4) is 0 Å². The Bertz CT molecular complexity index is 487. The molecule has 0 aliphatic rings. The highest BCUT2D eigenvalue weighted by atomic mass is 16.5. The number of carbonyl (C=O) groups is 1. The van der Waals surface area contributed by atoms with Crippen LogP contribution in [0.15, 0.2) is 6.20 Å². The van der Waals surface area contributed by atoms with Gasteiger partial charge in [0.2, 0.25) is 0 Å². The third kappa shape index (κ3) is 4.97. The van der Waals surface area contributed by atoms with Gasteiger partial charge >= 0.3 is 0 Å². The van der Waals surface area contributed by atoms with E-state index in [0.29, 0.717) is 30.4 Å². The van der Waals surface area contributed by atoms with Gasteiger partial charge in [-0.2, -0.15) is 0 Å². The maximum Gasteiger partial charge on any atom is 0.272 e. The normalized spacial score (nSPS) is 11.6. The molecule has 0 spiro atoms. The van der Waals surface area contributed by atoms with Gasteiger partial charge in [-0.25, -0.2) is 9.97 Å². The largest absolute Gasteiger partial charge is 0.385 e. The zero-order valence-electron chi connectivity index (χ0n) is 13.8. The lowest BCUT2D eigenvalue weighted by atomic mass is 10.1. The van der Waals surface area contributed by atoms with Crippen LogP contribution < -0.4 is 10.6 Å². The topological polar surface area (TPSA) is 76.1 Å². The van der Waals surface area contributed by atoms with Crippen LogP contribution >= 0.6 is 0 Å². The van der Waals surface area contributed by atoms with E-state index in [-0.39, 0.29) is 11.8 Å². The molecule has 1 heterocycles. The lowest BCUT2D eigenvalue weighted by molar-refractivity contribution is -0.00818. The van der Waals surface area contributed by atoms with E-state index in [0.717, 1.165) is 0 Å². The van der Waals surface area contributed by atoms with Crippen molar-refractivity contribution in [1.82, 2.24) is 15.3 Å². The van der Waals surface area contributed by atoms with Crippen molar-refractivity contribution in [2.24, 2.45) is 0 Å². The molecular weight excluding hydrogens is 268 g/mol. The highest BCUT2D eigenvalue weighted by molar-refractivity contribution is 5.97. The number of anilines is 1. The first-order valence-corrected chi connectivity index (χ1v) is 7.27. The van der Waals surface area contributed by atoms with Crippen molar-refractivity contribution in [3.05, 3.63) is 17.7 Å². The van der Waals surface area contributed by atoms with Crippen molar-refractivity contribution in [2.45, 2.75) is 46.1 Å². The van der Waals surface area contributed by atoms with E-state index in [1.165, 1.54) is 0 Å². The Morgan fingerprint density at radius 1 is 1.43 bits per heavy atom. The van der Waals surface area contributed by atoms with Gasteiger partial charge in [0, 0.05) is 26.1 Å². The van der Waals surface area contributed by atoms with E-state index in [4.69, 9.17) is 4.74 Å². The summed E-state index contributed by atoms with van der Waals surface area (Å²) in [6, 6.07) is 0. The Balaban J connectivity index is 2.88. The number of ether oxygens (including phenoxy) is 1. The molecular formula is C15H26N4O2. The molecule has 0 aliphatic heterocycles. The Labute approximate surface area is 126 Å². The third-order valence-electron chi connectivity index (χ3n) is 3.02. The number of rotatable bonds is 7. The highest BCUT2D eigenvalue weighted by Gasteiger charge is 2.21. The molecule has 0 saturated heterocycles. The molecule has 0 radical (unpaired) electrons. The zero-order chi connectivity index (χ0) is 16.0. The molecule has 118 valence electrons. The van der Waals surface area contributed by atoms with Crippen LogP contribution in [0.4, 0.5) is 5.69 Å². The summed E-state index contributed by atoms with van der Waals surface area (Å²) in [7, 11) is 1.74. The van der Waals surface area contributed by atoms with E-state index >= 15 is 0 Å². The second-order valence-corrected chi connectivity index (χ2v) is 5.77. The summed E-state index contributed by atoms with van der Waals surface area (Å²) in [6.45, 7) is 10.8. The third-order valence-corrected chi connectivity index (χ3v) is 3.02. The van der Waals surface area contributed by atoms with Crippen LogP contribution in [-0.2, 0) is 4.74 Å². The summed E-state index contributed by atoms with van der Waals surface area (Å²) in [6.07, 6.45) is 1.64. The second-order valence-electron chi connectivity index (χ2n) is 5.77. The molecule has 0 saturated carbocycles. The molecule has 0 unspecified atom stereocenters. The smallest absolute Gasteiger partial charge is 0.272 e. The number of hydrogen-bond donors (Lipinski definition) is 2. The van der Waals surface area contributed by atoms with Gasteiger partial charge in [-0.15, -0.1) is 0 Å². The molecule has 6 heteroatoms. The van der Waals surface area contributed by atoms with Crippen LogP contribution in [-0.4, -0.2) is 41.7 Å². The monoisotopic (exact) mass is 294 g/mol. The predicted octanol–water partition coefficient (Wildman–Crippen LogP) is 2.19. The molecule has 1 rings (SSSR count). The average Bonchev–Trinajstić information content (AvgIpc) is 2.44. The van der Waals surface area contributed by atoms with Crippen molar-refractivity contribution in [3.63, 3.8) is 0 Å². The molecule has 0 atom stereocenters. The van der Waals surface area contributed by atoms with E-state index in [1.54, 1.807) is 13.2 Å². The molecule has 0 aromatic carbocycles. The lowest BCUT2D eigenvalue weighted by Crippen LogP contribution is -2.41. The molecule has 0 fully saturated rings. The van der Waals surface area contributed by atoms with Gasteiger partial charge in [-0.1, -0.05) is 13.8 Å². The molecule has 6 nitrogen and oxygen atoms in total. The number of hydrogen-bond acceptors (Lipinski definition) is 5. The first-order chi connectivity index (χ1) is 9.80. The van der Waals surface area contributed by atoms with Crippen LogP contribution in [0.1, 0.15) is 56.8 Å². The van der Waals surface area contributed by atoms with Gasteiger partial charge in [-0.3, -0.25) is 4.79 Å². The predicted molar refractivity (Wildman–Crippen MR) is 83.7 cm³/mol. The second kappa shape index (κ2) is 7.36. The first-order valence-electron chi connectivity index (χ1n) is 7.27. The van der Waals surface area contributed by atoms with Crippen LogP contribution in [0.2, 0.25) is 0 Å². The minimum absolute atomic E-state index is 0.169. The Morgan fingerprint density at radius 3 is 2.62 bits per heavy atom. The summed E-state index contributed by atoms with van der Waals surface area (Å²) in [5.41, 5.74) is 0.576. The lowest BCUT2D eigenvalue weighted by Gasteiger charge is -2.25. The number of amides is 1.